The van der Waals surface area contributed by atoms with Crippen LogP contribution in [0.2, 0.25) is 0 Å². The molecule has 0 aliphatic heterocycles. The maximum atomic E-state index is 12.7. The number of benzene rings is 1. The Bertz CT molecular complexity index is 320. The predicted octanol–water partition coefficient (Wildman–Crippen LogP) is 1.68. The number of hydrogen-bond donors (Lipinski definition) is 2. The molecule has 70 valence electrons. The lowest BCUT2D eigenvalue weighted by atomic mass is 9.71. The maximum absolute atomic E-state index is 12.7. The molecule has 0 unspecified atom stereocenters. The Kier molecular flexibility index (Phi) is 1.77. The molecular formula is C10H12FNO. The van der Waals surface area contributed by atoms with Gasteiger partial charge in [-0.3, -0.25) is 0 Å². The van der Waals surface area contributed by atoms with Gasteiger partial charge in [-0.2, -0.15) is 0 Å². The van der Waals surface area contributed by atoms with Crippen LogP contribution in [0.4, 0.5) is 4.39 Å². The van der Waals surface area contributed by atoms with E-state index in [2.05, 4.69) is 0 Å². The zero-order chi connectivity index (χ0) is 9.47. The topological polar surface area (TPSA) is 46.2 Å². The smallest absolute Gasteiger partial charge is 0.115 e. The first kappa shape index (κ1) is 8.51. The number of aromatic hydroxyl groups is 1. The molecule has 0 bridgehead atoms. The fraction of sp³-hybridized carbons (Fsp3) is 0.400. The van der Waals surface area contributed by atoms with E-state index in [4.69, 9.17) is 5.73 Å². The summed E-state index contributed by atoms with van der Waals surface area (Å²) >= 11 is 0. The minimum atomic E-state index is -0.785. The van der Waals surface area contributed by atoms with Crippen LogP contribution in [0.1, 0.15) is 18.4 Å². The molecule has 1 fully saturated rings. The fourth-order valence-electron chi connectivity index (χ4n) is 1.78. The molecular weight excluding hydrogens is 169 g/mol. The summed E-state index contributed by atoms with van der Waals surface area (Å²) in [6, 6.07) is 6.74. The van der Waals surface area contributed by atoms with Crippen molar-refractivity contribution in [1.29, 1.82) is 0 Å². The van der Waals surface area contributed by atoms with E-state index in [0.717, 1.165) is 5.56 Å². The molecule has 1 aromatic carbocycles. The van der Waals surface area contributed by atoms with E-state index in [1.165, 1.54) is 0 Å². The third kappa shape index (κ3) is 1.40. The number of phenolic OH excluding ortho intramolecular Hbond substituents is 1. The molecule has 0 aromatic heterocycles. The van der Waals surface area contributed by atoms with Gasteiger partial charge in [-0.05, 0) is 17.7 Å². The molecule has 0 atom stereocenters. The van der Waals surface area contributed by atoms with Crippen LogP contribution in [0.25, 0.3) is 0 Å². The van der Waals surface area contributed by atoms with Gasteiger partial charge in [0.25, 0.3) is 0 Å². The monoisotopic (exact) mass is 181 g/mol. The first-order valence-corrected chi connectivity index (χ1v) is 4.33. The van der Waals surface area contributed by atoms with Gasteiger partial charge in [0.2, 0.25) is 0 Å². The summed E-state index contributed by atoms with van der Waals surface area (Å²) in [4.78, 5) is 0. The van der Waals surface area contributed by atoms with E-state index < -0.39 is 11.7 Å². The Morgan fingerprint density at radius 2 is 2.15 bits per heavy atom. The average Bonchev–Trinajstić information content (AvgIpc) is 2.02. The number of halogens is 1. The van der Waals surface area contributed by atoms with Crippen LogP contribution in [0.5, 0.6) is 5.75 Å². The SMILES string of the molecule is NC1(c2cccc(O)c2)CC(F)C1. The molecule has 1 aliphatic rings. The van der Waals surface area contributed by atoms with Crippen molar-refractivity contribution in [3.05, 3.63) is 29.8 Å². The molecule has 1 aliphatic carbocycles. The van der Waals surface area contributed by atoms with Crippen LogP contribution in [0.3, 0.4) is 0 Å². The van der Waals surface area contributed by atoms with Crippen LogP contribution in [-0.4, -0.2) is 11.3 Å². The minimum absolute atomic E-state index is 0.185. The third-order valence-electron chi connectivity index (χ3n) is 2.59. The molecule has 0 spiro atoms. The van der Waals surface area contributed by atoms with Gasteiger partial charge >= 0.3 is 0 Å². The second-order valence-corrected chi connectivity index (χ2v) is 3.71. The number of rotatable bonds is 1. The first-order chi connectivity index (χ1) is 6.10. The van der Waals surface area contributed by atoms with Gasteiger partial charge in [-0.15, -0.1) is 0 Å². The Hall–Kier alpha value is -1.09. The Morgan fingerprint density at radius 3 is 2.69 bits per heavy atom. The number of phenols is 1. The maximum Gasteiger partial charge on any atom is 0.115 e. The van der Waals surface area contributed by atoms with Crippen molar-refractivity contribution in [3.63, 3.8) is 0 Å². The van der Waals surface area contributed by atoms with Gasteiger partial charge in [0.1, 0.15) is 11.9 Å². The Balaban J connectivity index is 2.26. The highest BCUT2D eigenvalue weighted by atomic mass is 19.1. The van der Waals surface area contributed by atoms with Gasteiger partial charge in [0.15, 0.2) is 0 Å². The lowest BCUT2D eigenvalue weighted by Gasteiger charge is -2.41. The summed E-state index contributed by atoms with van der Waals surface area (Å²) in [7, 11) is 0. The Labute approximate surface area is 76.2 Å². The molecule has 0 heterocycles. The molecule has 0 saturated heterocycles. The van der Waals surface area contributed by atoms with Gasteiger partial charge in [-0.25, -0.2) is 4.39 Å². The van der Waals surface area contributed by atoms with E-state index >= 15 is 0 Å². The van der Waals surface area contributed by atoms with Crippen molar-refractivity contribution in [2.75, 3.05) is 0 Å². The zero-order valence-corrected chi connectivity index (χ0v) is 7.20. The van der Waals surface area contributed by atoms with Gasteiger partial charge in [0.05, 0.1) is 0 Å². The average molecular weight is 181 g/mol. The molecule has 1 aromatic rings. The van der Waals surface area contributed by atoms with E-state index in [9.17, 15) is 9.50 Å². The second-order valence-electron chi connectivity index (χ2n) is 3.71. The van der Waals surface area contributed by atoms with Gasteiger partial charge < -0.3 is 10.8 Å². The van der Waals surface area contributed by atoms with Crippen molar-refractivity contribution in [3.8, 4) is 5.75 Å². The summed E-state index contributed by atoms with van der Waals surface area (Å²) in [6.45, 7) is 0. The summed E-state index contributed by atoms with van der Waals surface area (Å²) in [5.74, 6) is 0.185. The zero-order valence-electron chi connectivity index (χ0n) is 7.20. The first-order valence-electron chi connectivity index (χ1n) is 4.33. The van der Waals surface area contributed by atoms with Crippen molar-refractivity contribution < 1.29 is 9.50 Å². The van der Waals surface area contributed by atoms with Crippen LogP contribution in [0, 0.1) is 0 Å². The van der Waals surface area contributed by atoms with Gasteiger partial charge in [-0.1, -0.05) is 12.1 Å². The third-order valence-corrected chi connectivity index (χ3v) is 2.59. The molecule has 3 N–H and O–H groups in total. The highest BCUT2D eigenvalue weighted by Crippen LogP contribution is 2.41. The number of alkyl halides is 1. The molecule has 2 nitrogen and oxygen atoms in total. The van der Waals surface area contributed by atoms with Crippen LogP contribution >= 0.6 is 0 Å². The molecule has 0 amide bonds. The Morgan fingerprint density at radius 1 is 1.46 bits per heavy atom. The van der Waals surface area contributed by atoms with E-state index in [1.54, 1.807) is 18.2 Å². The number of hydrogen-bond acceptors (Lipinski definition) is 2. The van der Waals surface area contributed by atoms with Crippen molar-refractivity contribution in [1.82, 2.24) is 0 Å². The van der Waals surface area contributed by atoms with Crippen molar-refractivity contribution in [2.24, 2.45) is 5.73 Å². The lowest BCUT2D eigenvalue weighted by Crippen LogP contribution is -2.50. The lowest BCUT2D eigenvalue weighted by molar-refractivity contribution is 0.0983. The van der Waals surface area contributed by atoms with Crippen molar-refractivity contribution >= 4 is 0 Å². The molecule has 0 radical (unpaired) electrons. The van der Waals surface area contributed by atoms with Crippen LogP contribution in [0.15, 0.2) is 24.3 Å². The molecule has 1 saturated carbocycles. The van der Waals surface area contributed by atoms with Crippen LogP contribution < -0.4 is 5.73 Å². The van der Waals surface area contributed by atoms with Crippen LogP contribution in [-0.2, 0) is 5.54 Å². The summed E-state index contributed by atoms with van der Waals surface area (Å²) < 4.78 is 12.7. The van der Waals surface area contributed by atoms with E-state index in [-0.39, 0.29) is 5.75 Å². The second kappa shape index (κ2) is 2.70. The highest BCUT2D eigenvalue weighted by Gasteiger charge is 2.42. The van der Waals surface area contributed by atoms with Gasteiger partial charge in [0, 0.05) is 18.4 Å². The highest BCUT2D eigenvalue weighted by molar-refractivity contribution is 5.34. The summed E-state index contributed by atoms with van der Waals surface area (Å²) in [6.07, 6.45) is -0.0697. The normalized spacial score (nSPS) is 32.6. The van der Waals surface area contributed by atoms with E-state index in [0.29, 0.717) is 12.8 Å². The minimum Gasteiger partial charge on any atom is -0.508 e. The molecule has 2 rings (SSSR count). The fourth-order valence-corrected chi connectivity index (χ4v) is 1.78. The summed E-state index contributed by atoms with van der Waals surface area (Å²) in [5.41, 5.74) is 6.20. The largest absolute Gasteiger partial charge is 0.508 e. The van der Waals surface area contributed by atoms with Crippen molar-refractivity contribution in [2.45, 2.75) is 24.6 Å². The summed E-state index contributed by atoms with van der Waals surface area (Å²) in [5, 5.41) is 9.21. The quantitative estimate of drug-likeness (QED) is 0.692. The molecule has 3 heteroatoms. The predicted molar refractivity (Wildman–Crippen MR) is 48.1 cm³/mol. The molecule has 13 heavy (non-hydrogen) atoms. The van der Waals surface area contributed by atoms with E-state index in [1.807, 2.05) is 6.07 Å². The number of nitrogens with two attached hydrogens (primary N) is 1. The standard InChI is InChI=1S/C10H12FNO/c11-8-5-10(12,6-8)7-2-1-3-9(13)4-7/h1-4,8,13H,5-6,12H2.